The summed E-state index contributed by atoms with van der Waals surface area (Å²) in [5.74, 6) is 3.04. The monoisotopic (exact) mass is 506 g/mol. The van der Waals surface area contributed by atoms with Crippen LogP contribution in [-0.4, -0.2) is 32.2 Å². The highest BCUT2D eigenvalue weighted by Crippen LogP contribution is 2.34. The van der Waals surface area contributed by atoms with Crippen LogP contribution in [0.5, 0.6) is 23.0 Å². The Morgan fingerprint density at radius 3 is 1.51 bits per heavy atom. The van der Waals surface area contributed by atoms with E-state index in [-0.39, 0.29) is 5.78 Å². The van der Waals surface area contributed by atoms with Crippen LogP contribution in [0.3, 0.4) is 0 Å². The first kappa shape index (κ1) is 28.4. The summed E-state index contributed by atoms with van der Waals surface area (Å²) in [5, 5.41) is 0. The van der Waals surface area contributed by atoms with Gasteiger partial charge in [0.05, 0.1) is 26.4 Å². The van der Waals surface area contributed by atoms with Crippen LogP contribution in [0.2, 0.25) is 0 Å². The fourth-order valence-electron chi connectivity index (χ4n) is 4.24. The second-order valence-electron chi connectivity index (χ2n) is 9.20. The summed E-state index contributed by atoms with van der Waals surface area (Å²) in [6.07, 6.45) is 10.6. The van der Waals surface area contributed by atoms with Crippen molar-refractivity contribution in [3.05, 3.63) is 58.7 Å². The number of unbranched alkanes of at least 4 members (excludes halogenated alkanes) is 2. The fourth-order valence-corrected chi connectivity index (χ4v) is 4.24. The SMILES string of the molecule is CCCCOc1ccc(C=C2CCCC(=Cc3ccc(OCCCC)c(OCC)c3)C2=O)cc1OCC. The minimum Gasteiger partial charge on any atom is -0.490 e. The van der Waals surface area contributed by atoms with E-state index in [0.29, 0.717) is 26.4 Å². The molecule has 1 aliphatic carbocycles. The lowest BCUT2D eigenvalue weighted by molar-refractivity contribution is -0.112. The third-order valence-corrected chi connectivity index (χ3v) is 6.20. The van der Waals surface area contributed by atoms with E-state index >= 15 is 0 Å². The zero-order chi connectivity index (χ0) is 26.5. The van der Waals surface area contributed by atoms with Crippen molar-refractivity contribution in [1.82, 2.24) is 0 Å². The molecular formula is C32H42O5. The lowest BCUT2D eigenvalue weighted by Crippen LogP contribution is -2.12. The van der Waals surface area contributed by atoms with Crippen molar-refractivity contribution in [1.29, 1.82) is 0 Å². The molecule has 0 aliphatic heterocycles. The number of benzene rings is 2. The lowest BCUT2D eigenvalue weighted by atomic mass is 9.87. The average molecular weight is 507 g/mol. The minimum absolute atomic E-state index is 0.105. The number of Topliss-reactive ketones (excluding diaryl/α,β-unsaturated/α-hetero) is 1. The first-order chi connectivity index (χ1) is 18.1. The lowest BCUT2D eigenvalue weighted by Gasteiger charge is -2.18. The van der Waals surface area contributed by atoms with Crippen LogP contribution in [0.1, 0.15) is 83.8 Å². The van der Waals surface area contributed by atoms with Gasteiger partial charge in [-0.25, -0.2) is 0 Å². The normalized spacial score (nSPS) is 15.7. The maximum Gasteiger partial charge on any atom is 0.185 e. The smallest absolute Gasteiger partial charge is 0.185 e. The Balaban J connectivity index is 1.80. The molecule has 0 saturated heterocycles. The van der Waals surface area contributed by atoms with Gasteiger partial charge in [0.25, 0.3) is 0 Å². The summed E-state index contributed by atoms with van der Waals surface area (Å²) in [5.41, 5.74) is 3.54. The number of carbonyl (C=O) groups is 1. The topological polar surface area (TPSA) is 54.0 Å². The molecule has 0 amide bonds. The Kier molecular flexibility index (Phi) is 11.6. The summed E-state index contributed by atoms with van der Waals surface area (Å²) in [7, 11) is 0. The Morgan fingerprint density at radius 1 is 0.649 bits per heavy atom. The number of allylic oxidation sites excluding steroid dienone is 2. The largest absolute Gasteiger partial charge is 0.490 e. The number of ether oxygens (including phenoxy) is 4. The minimum atomic E-state index is 0.105. The molecule has 0 N–H and O–H groups in total. The number of rotatable bonds is 14. The first-order valence-corrected chi connectivity index (χ1v) is 13.8. The third kappa shape index (κ3) is 8.41. The van der Waals surface area contributed by atoms with Crippen molar-refractivity contribution >= 4 is 17.9 Å². The van der Waals surface area contributed by atoms with E-state index in [4.69, 9.17) is 18.9 Å². The molecule has 0 aromatic heterocycles. The van der Waals surface area contributed by atoms with Gasteiger partial charge in [-0.2, -0.15) is 0 Å². The Hall–Kier alpha value is -3.21. The maximum absolute atomic E-state index is 13.4. The van der Waals surface area contributed by atoms with Crippen molar-refractivity contribution in [2.24, 2.45) is 0 Å². The van der Waals surface area contributed by atoms with Gasteiger partial charge in [0.2, 0.25) is 0 Å². The van der Waals surface area contributed by atoms with Crippen LogP contribution in [0, 0.1) is 0 Å². The second kappa shape index (κ2) is 15.1. The van der Waals surface area contributed by atoms with Gasteiger partial charge in [-0.15, -0.1) is 0 Å². The van der Waals surface area contributed by atoms with Gasteiger partial charge in [0, 0.05) is 11.1 Å². The number of carbonyl (C=O) groups excluding carboxylic acids is 1. The van der Waals surface area contributed by atoms with Crippen molar-refractivity contribution in [2.75, 3.05) is 26.4 Å². The Labute approximate surface area is 222 Å². The zero-order valence-electron chi connectivity index (χ0n) is 22.9. The van der Waals surface area contributed by atoms with Crippen molar-refractivity contribution in [3.63, 3.8) is 0 Å². The van der Waals surface area contributed by atoms with Gasteiger partial charge in [-0.3, -0.25) is 4.79 Å². The first-order valence-electron chi connectivity index (χ1n) is 13.8. The molecule has 0 unspecified atom stereocenters. The van der Waals surface area contributed by atoms with Crippen molar-refractivity contribution < 1.29 is 23.7 Å². The van der Waals surface area contributed by atoms with Gasteiger partial charge in [0.1, 0.15) is 0 Å². The zero-order valence-corrected chi connectivity index (χ0v) is 22.9. The van der Waals surface area contributed by atoms with E-state index in [1.54, 1.807) is 0 Å². The number of hydrogen-bond acceptors (Lipinski definition) is 5. The molecule has 2 aromatic carbocycles. The predicted molar refractivity (Wildman–Crippen MR) is 151 cm³/mol. The molecule has 0 radical (unpaired) electrons. The number of hydrogen-bond donors (Lipinski definition) is 0. The maximum atomic E-state index is 13.4. The molecule has 1 fully saturated rings. The molecule has 2 aromatic rings. The molecule has 0 bridgehead atoms. The van der Waals surface area contributed by atoms with E-state index in [9.17, 15) is 4.79 Å². The molecule has 0 heterocycles. The average Bonchev–Trinajstić information content (AvgIpc) is 2.89. The van der Waals surface area contributed by atoms with Crippen molar-refractivity contribution in [2.45, 2.75) is 72.6 Å². The molecule has 1 aliphatic rings. The molecular weight excluding hydrogens is 464 g/mol. The van der Waals surface area contributed by atoms with Crippen LogP contribution in [-0.2, 0) is 4.79 Å². The number of ketones is 1. The van der Waals surface area contributed by atoms with Crippen LogP contribution in [0.4, 0.5) is 0 Å². The van der Waals surface area contributed by atoms with Gasteiger partial charge < -0.3 is 18.9 Å². The van der Waals surface area contributed by atoms with E-state index in [2.05, 4.69) is 13.8 Å². The molecule has 200 valence electrons. The predicted octanol–water partition coefficient (Wildman–Crippen LogP) is 8.06. The third-order valence-electron chi connectivity index (χ3n) is 6.20. The molecule has 3 rings (SSSR count). The van der Waals surface area contributed by atoms with E-state index in [1.165, 1.54) is 0 Å². The summed E-state index contributed by atoms with van der Waals surface area (Å²) in [6, 6.07) is 11.8. The second-order valence-corrected chi connectivity index (χ2v) is 9.20. The molecule has 1 saturated carbocycles. The van der Waals surface area contributed by atoms with E-state index < -0.39 is 0 Å². The Morgan fingerprint density at radius 2 is 1.11 bits per heavy atom. The van der Waals surface area contributed by atoms with E-state index in [1.807, 2.05) is 62.4 Å². The highest BCUT2D eigenvalue weighted by molar-refractivity contribution is 6.14. The summed E-state index contributed by atoms with van der Waals surface area (Å²) in [6.45, 7) is 10.7. The molecule has 0 atom stereocenters. The van der Waals surface area contributed by atoms with Gasteiger partial charge in [0.15, 0.2) is 28.8 Å². The van der Waals surface area contributed by atoms with Crippen LogP contribution < -0.4 is 18.9 Å². The molecule has 0 spiro atoms. The van der Waals surface area contributed by atoms with Gasteiger partial charge in [-0.1, -0.05) is 38.8 Å². The summed E-state index contributed by atoms with van der Waals surface area (Å²) >= 11 is 0. The molecule has 5 heteroatoms. The highest BCUT2D eigenvalue weighted by atomic mass is 16.5. The van der Waals surface area contributed by atoms with Crippen LogP contribution in [0.15, 0.2) is 47.5 Å². The van der Waals surface area contributed by atoms with Crippen LogP contribution >= 0.6 is 0 Å². The van der Waals surface area contributed by atoms with E-state index in [0.717, 1.165) is 90.2 Å². The highest BCUT2D eigenvalue weighted by Gasteiger charge is 2.21. The molecule has 5 nitrogen and oxygen atoms in total. The van der Waals surface area contributed by atoms with Gasteiger partial charge in [-0.05, 0) is 93.5 Å². The molecule has 37 heavy (non-hydrogen) atoms. The van der Waals surface area contributed by atoms with Crippen LogP contribution in [0.25, 0.3) is 12.2 Å². The standard InChI is InChI=1S/C32H42O5/c1-5-9-18-36-28-16-14-24(22-30(28)34-7-3)20-26-12-11-13-27(32(26)33)21-25-15-17-29(37-19-10-6-2)31(23-25)35-8-4/h14-17,20-23H,5-13,18-19H2,1-4H3. The fraction of sp³-hybridized carbons (Fsp3) is 0.469. The Bertz CT molecular complexity index is 999. The van der Waals surface area contributed by atoms with Gasteiger partial charge >= 0.3 is 0 Å². The van der Waals surface area contributed by atoms with Crippen molar-refractivity contribution in [3.8, 4) is 23.0 Å². The summed E-state index contributed by atoms with van der Waals surface area (Å²) in [4.78, 5) is 13.4. The summed E-state index contributed by atoms with van der Waals surface area (Å²) < 4.78 is 23.4. The quantitative estimate of drug-likeness (QED) is 0.192.